The van der Waals surface area contributed by atoms with Crippen molar-refractivity contribution in [1.29, 1.82) is 0 Å². The lowest BCUT2D eigenvalue weighted by molar-refractivity contribution is -0.219. The summed E-state index contributed by atoms with van der Waals surface area (Å²) in [7, 11) is 0. The second-order valence-corrected chi connectivity index (χ2v) is 7.97. The third-order valence-corrected chi connectivity index (χ3v) is 5.73. The number of carbonyl (C=O) groups is 1. The van der Waals surface area contributed by atoms with E-state index in [0.717, 1.165) is 24.8 Å². The van der Waals surface area contributed by atoms with E-state index in [2.05, 4.69) is 22.3 Å². The van der Waals surface area contributed by atoms with Gasteiger partial charge in [-0.05, 0) is 30.8 Å². The first kappa shape index (κ1) is 23.5. The van der Waals surface area contributed by atoms with Gasteiger partial charge in [0.15, 0.2) is 12.1 Å². The summed E-state index contributed by atoms with van der Waals surface area (Å²) in [6, 6.07) is 2.63. The Kier molecular flexibility index (Phi) is 7.89. The van der Waals surface area contributed by atoms with Crippen LogP contribution in [0.4, 0.5) is 0 Å². The number of aromatic nitrogens is 4. The molecule has 4 N–H and O–H groups in total. The number of carbonyl (C=O) groups excluding carboxylic acids is 1. The van der Waals surface area contributed by atoms with Crippen LogP contribution in [0.5, 0.6) is 0 Å². The minimum absolute atomic E-state index is 0.351. The van der Waals surface area contributed by atoms with Crippen LogP contribution in [0.2, 0.25) is 0 Å². The van der Waals surface area contributed by atoms with E-state index < -0.39 is 43.1 Å². The minimum atomic E-state index is -1.38. The zero-order valence-corrected chi connectivity index (χ0v) is 18.4. The molecule has 1 fully saturated rings. The number of rotatable bonds is 8. The van der Waals surface area contributed by atoms with Crippen LogP contribution in [-0.4, -0.2) is 71.5 Å². The van der Waals surface area contributed by atoms with Gasteiger partial charge in [0.05, 0.1) is 6.61 Å². The summed E-state index contributed by atoms with van der Waals surface area (Å²) in [5.74, 6) is 0.199. The zero-order chi connectivity index (χ0) is 22.5. The third-order valence-electron chi connectivity index (χ3n) is 5.32. The minimum Gasteiger partial charge on any atom is -0.394 e. The van der Waals surface area contributed by atoms with Gasteiger partial charge in [-0.3, -0.25) is 14.3 Å². The number of nitrogens with one attached hydrogen (secondary N) is 1. The molecule has 0 aliphatic carbocycles. The lowest BCUT2D eigenvalue weighted by Crippen LogP contribution is -2.62. The quantitative estimate of drug-likeness (QED) is 0.342. The summed E-state index contributed by atoms with van der Waals surface area (Å²) >= 11 is 5.70. The lowest BCUT2D eigenvalue weighted by atomic mass is 9.96. The van der Waals surface area contributed by atoms with Gasteiger partial charge < -0.3 is 25.4 Å². The number of ether oxygens (including phenoxy) is 1. The highest BCUT2D eigenvalue weighted by atomic mass is 32.1. The maximum atomic E-state index is 11.8. The maximum Gasteiger partial charge on any atom is 0.217 e. The molecule has 0 spiro atoms. The largest absolute Gasteiger partial charge is 0.394 e. The van der Waals surface area contributed by atoms with Crippen LogP contribution in [0.3, 0.4) is 0 Å². The highest BCUT2D eigenvalue weighted by Gasteiger charge is 2.46. The molecule has 3 rings (SSSR count). The normalized spacial score (nSPS) is 26.0. The standard InChI is InChI=1S/C20H29N5O5S/c1-3-4-5-10-24-18(13-6-8-21-9-7-13)23-25(20(24)31)19-15(22-12(2)27)17(29)16(28)14(11-26)30-19/h6-9,14-17,19,26,28-29H,3-5,10-11H2,1-2H3,(H,22,27)/t14-,15-,16-,17-,19-/m1/s1. The fourth-order valence-electron chi connectivity index (χ4n) is 3.71. The molecule has 0 saturated carbocycles. The van der Waals surface area contributed by atoms with E-state index in [1.807, 2.05) is 16.7 Å². The van der Waals surface area contributed by atoms with Crippen LogP contribution < -0.4 is 5.32 Å². The molecule has 1 aliphatic rings. The fourth-order valence-corrected chi connectivity index (χ4v) is 4.03. The second kappa shape index (κ2) is 10.4. The topological polar surface area (TPSA) is 135 Å². The molecule has 0 aromatic carbocycles. The van der Waals surface area contributed by atoms with Crippen molar-refractivity contribution in [3.8, 4) is 11.4 Å². The predicted octanol–water partition coefficient (Wildman–Crippen LogP) is 0.782. The molecule has 1 amide bonds. The van der Waals surface area contributed by atoms with Gasteiger partial charge in [-0.15, -0.1) is 5.10 Å². The van der Waals surface area contributed by atoms with Crippen LogP contribution in [0.15, 0.2) is 24.5 Å². The molecule has 0 radical (unpaired) electrons. The number of nitrogens with zero attached hydrogens (tertiary/aromatic N) is 4. The van der Waals surface area contributed by atoms with Gasteiger partial charge in [0.2, 0.25) is 10.7 Å². The van der Waals surface area contributed by atoms with Crippen molar-refractivity contribution in [2.45, 2.75) is 70.2 Å². The number of hydrogen-bond acceptors (Lipinski definition) is 8. The van der Waals surface area contributed by atoms with Crippen molar-refractivity contribution >= 4 is 18.1 Å². The molecular formula is C20H29N5O5S. The van der Waals surface area contributed by atoms with Crippen LogP contribution in [-0.2, 0) is 16.1 Å². The van der Waals surface area contributed by atoms with E-state index in [9.17, 15) is 20.1 Å². The van der Waals surface area contributed by atoms with Crippen molar-refractivity contribution in [3.63, 3.8) is 0 Å². The van der Waals surface area contributed by atoms with E-state index in [-0.39, 0.29) is 0 Å². The summed E-state index contributed by atoms with van der Waals surface area (Å²) < 4.78 is 9.53. The summed E-state index contributed by atoms with van der Waals surface area (Å²) in [4.78, 5) is 15.8. The lowest BCUT2D eigenvalue weighted by Gasteiger charge is -2.42. The highest BCUT2D eigenvalue weighted by molar-refractivity contribution is 7.71. The average Bonchev–Trinajstić information content (AvgIpc) is 3.08. The van der Waals surface area contributed by atoms with Crippen molar-refractivity contribution in [2.24, 2.45) is 0 Å². The van der Waals surface area contributed by atoms with Crippen LogP contribution in [0.25, 0.3) is 11.4 Å². The van der Waals surface area contributed by atoms with Gasteiger partial charge in [0, 0.05) is 31.4 Å². The molecule has 0 bridgehead atoms. The van der Waals surface area contributed by atoms with Gasteiger partial charge in [-0.2, -0.15) is 0 Å². The molecule has 5 atom stereocenters. The Morgan fingerprint density at radius 1 is 1.26 bits per heavy atom. The number of unbranched alkanes of at least 4 members (excludes halogenated alkanes) is 2. The number of aliphatic hydroxyl groups excluding tert-OH is 3. The summed E-state index contributed by atoms with van der Waals surface area (Å²) in [6.07, 6.45) is 1.46. The average molecular weight is 452 g/mol. The Hall–Kier alpha value is -2.18. The second-order valence-electron chi connectivity index (χ2n) is 7.60. The molecule has 1 aliphatic heterocycles. The van der Waals surface area contributed by atoms with E-state index in [0.29, 0.717) is 17.1 Å². The summed E-state index contributed by atoms with van der Waals surface area (Å²) in [6.45, 7) is 3.54. The first-order valence-electron chi connectivity index (χ1n) is 10.4. The molecule has 2 aromatic heterocycles. The third kappa shape index (κ3) is 5.01. The maximum absolute atomic E-state index is 11.8. The highest BCUT2D eigenvalue weighted by Crippen LogP contribution is 2.30. The molecule has 170 valence electrons. The number of hydrogen-bond donors (Lipinski definition) is 4. The number of amides is 1. The summed E-state index contributed by atoms with van der Waals surface area (Å²) in [5.41, 5.74) is 0.808. The molecule has 3 heterocycles. The van der Waals surface area contributed by atoms with Gasteiger partial charge in [0.25, 0.3) is 0 Å². The molecule has 2 aromatic rings. The Bertz CT molecular complexity index is 934. The van der Waals surface area contributed by atoms with E-state index >= 15 is 0 Å². The van der Waals surface area contributed by atoms with Crippen molar-refractivity contribution in [2.75, 3.05) is 6.61 Å². The molecule has 10 nitrogen and oxygen atoms in total. The molecular weight excluding hydrogens is 422 g/mol. The number of aliphatic hydroxyl groups is 3. The van der Waals surface area contributed by atoms with Gasteiger partial charge in [-0.1, -0.05) is 19.8 Å². The Morgan fingerprint density at radius 3 is 2.58 bits per heavy atom. The number of pyridine rings is 1. The van der Waals surface area contributed by atoms with Gasteiger partial charge in [-0.25, -0.2) is 4.68 Å². The molecule has 31 heavy (non-hydrogen) atoms. The first-order chi connectivity index (χ1) is 14.9. The van der Waals surface area contributed by atoms with Crippen molar-refractivity contribution in [3.05, 3.63) is 29.3 Å². The first-order valence-corrected chi connectivity index (χ1v) is 10.8. The molecule has 0 unspecified atom stereocenters. The van der Waals surface area contributed by atoms with Crippen LogP contribution >= 0.6 is 12.2 Å². The van der Waals surface area contributed by atoms with Crippen LogP contribution in [0.1, 0.15) is 39.3 Å². The Balaban J connectivity index is 2.08. The van der Waals surface area contributed by atoms with E-state index in [1.54, 1.807) is 12.4 Å². The van der Waals surface area contributed by atoms with Gasteiger partial charge >= 0.3 is 0 Å². The van der Waals surface area contributed by atoms with E-state index in [1.165, 1.54) is 11.6 Å². The van der Waals surface area contributed by atoms with Gasteiger partial charge in [0.1, 0.15) is 24.4 Å². The summed E-state index contributed by atoms with van der Waals surface area (Å²) in [5, 5.41) is 37.8. The SMILES string of the molecule is CCCCCn1c(-c2ccncc2)nn([C@@H]2O[C@H](CO)[C@@H](O)[C@H](O)[C@H]2NC(C)=O)c1=S. The zero-order valence-electron chi connectivity index (χ0n) is 17.6. The smallest absolute Gasteiger partial charge is 0.217 e. The Labute approximate surface area is 185 Å². The monoisotopic (exact) mass is 451 g/mol. The Morgan fingerprint density at radius 2 is 1.97 bits per heavy atom. The van der Waals surface area contributed by atoms with E-state index in [4.69, 9.17) is 17.0 Å². The van der Waals surface area contributed by atoms with Crippen LogP contribution in [0, 0.1) is 4.77 Å². The van der Waals surface area contributed by atoms with Crippen molar-refractivity contribution < 1.29 is 24.9 Å². The molecule has 11 heteroatoms. The van der Waals surface area contributed by atoms with Crippen molar-refractivity contribution in [1.82, 2.24) is 24.6 Å². The fraction of sp³-hybridized carbons (Fsp3) is 0.600. The molecule has 1 saturated heterocycles. The predicted molar refractivity (Wildman–Crippen MR) is 114 cm³/mol.